The predicted molar refractivity (Wildman–Crippen MR) is 161 cm³/mol. The molecule has 1 unspecified atom stereocenters. The van der Waals surface area contributed by atoms with E-state index in [1.54, 1.807) is 54.2 Å². The van der Waals surface area contributed by atoms with Crippen molar-refractivity contribution >= 4 is 30.6 Å². The number of anilines is 1. The maximum absolute atomic E-state index is 13.9. The van der Waals surface area contributed by atoms with Gasteiger partial charge < -0.3 is 14.2 Å². The van der Waals surface area contributed by atoms with Gasteiger partial charge in [0.15, 0.2) is 0 Å². The number of rotatable bonds is 12. The molecule has 1 saturated carbocycles. The molecule has 14 heteroatoms. The molecule has 1 aromatic heterocycles. The lowest BCUT2D eigenvalue weighted by molar-refractivity contribution is -0.384. The minimum atomic E-state index is -3.41. The van der Waals surface area contributed by atoms with Crippen molar-refractivity contribution in [2.45, 2.75) is 33.2 Å². The summed E-state index contributed by atoms with van der Waals surface area (Å²) in [7, 11) is -3.41. The lowest BCUT2D eigenvalue weighted by Crippen LogP contribution is -2.47. The molecule has 224 valence electrons. The third-order valence-electron chi connectivity index (χ3n) is 7.54. The lowest BCUT2D eigenvalue weighted by Gasteiger charge is -2.39. The molecule has 1 aliphatic carbocycles. The first-order valence-corrected chi connectivity index (χ1v) is 15.8. The van der Waals surface area contributed by atoms with Crippen LogP contribution in [0.2, 0.25) is 5.02 Å². The quantitative estimate of drug-likeness (QED) is 0.168. The molecule has 0 spiro atoms. The Bertz CT molecular complexity index is 1540. The summed E-state index contributed by atoms with van der Waals surface area (Å²) in [6.45, 7) is 6.54. The molecular formula is C28H34ClN6O6P. The standard InChI is InChI=1S/C28H34ClN6O6P/c1-3-41-42(39,31-18-21-7-9-23(10-8-21)35(37)38)33-15-13-32(14-16-33)25-19-30-34(24-6-4-5-22(29)17-24)27(36)26(25)40-20-28(2)11-12-28/h4-10,17,19H,3,11-16,18,20H2,1-2H3,(H,31,39). The second-order valence-corrected chi connectivity index (χ2v) is 13.4. The fourth-order valence-corrected chi connectivity index (χ4v) is 6.79. The molecule has 0 amide bonds. The van der Waals surface area contributed by atoms with E-state index in [4.69, 9.17) is 20.9 Å². The molecule has 2 fully saturated rings. The second kappa shape index (κ2) is 12.5. The van der Waals surface area contributed by atoms with Crippen LogP contribution in [0.5, 0.6) is 5.75 Å². The molecule has 5 rings (SSSR count). The van der Waals surface area contributed by atoms with E-state index in [1.807, 2.05) is 4.90 Å². The van der Waals surface area contributed by atoms with E-state index in [-0.39, 0.29) is 35.6 Å². The van der Waals surface area contributed by atoms with E-state index in [9.17, 15) is 19.5 Å². The molecule has 1 N–H and O–H groups in total. The van der Waals surface area contributed by atoms with Gasteiger partial charge in [0.05, 0.1) is 30.0 Å². The number of non-ortho nitro benzene ring substituents is 1. The fraction of sp³-hybridized carbons (Fsp3) is 0.429. The number of halogens is 1. The average Bonchev–Trinajstić information content (AvgIpc) is 3.72. The van der Waals surface area contributed by atoms with Crippen LogP contribution >= 0.6 is 19.3 Å². The number of hydrogen-bond acceptors (Lipinski definition) is 8. The van der Waals surface area contributed by atoms with Gasteiger partial charge in [0, 0.05) is 55.3 Å². The van der Waals surface area contributed by atoms with Gasteiger partial charge in [-0.1, -0.05) is 36.7 Å². The molecule has 3 aromatic rings. The highest BCUT2D eigenvalue weighted by Crippen LogP contribution is 2.48. The van der Waals surface area contributed by atoms with E-state index in [0.717, 1.165) is 18.4 Å². The highest BCUT2D eigenvalue weighted by molar-refractivity contribution is 7.54. The van der Waals surface area contributed by atoms with Crippen LogP contribution in [0.15, 0.2) is 59.5 Å². The van der Waals surface area contributed by atoms with E-state index in [0.29, 0.717) is 49.2 Å². The van der Waals surface area contributed by atoms with Crippen LogP contribution in [0, 0.1) is 15.5 Å². The van der Waals surface area contributed by atoms with Gasteiger partial charge in [-0.15, -0.1) is 0 Å². The maximum Gasteiger partial charge on any atom is 0.343 e. The van der Waals surface area contributed by atoms with Gasteiger partial charge in [-0.2, -0.15) is 9.78 Å². The van der Waals surface area contributed by atoms with E-state index in [1.165, 1.54) is 16.8 Å². The van der Waals surface area contributed by atoms with Gasteiger partial charge >= 0.3 is 13.2 Å². The number of nitro benzene ring substituents is 1. The van der Waals surface area contributed by atoms with Crippen molar-refractivity contribution in [3.8, 4) is 11.4 Å². The highest BCUT2D eigenvalue weighted by Gasteiger charge is 2.39. The van der Waals surface area contributed by atoms with Crippen molar-refractivity contribution in [3.63, 3.8) is 0 Å². The monoisotopic (exact) mass is 616 g/mol. The van der Waals surface area contributed by atoms with Gasteiger partial charge in [-0.05, 0) is 43.5 Å². The number of hydrogen-bond donors (Lipinski definition) is 1. The van der Waals surface area contributed by atoms with Crippen molar-refractivity contribution in [3.05, 3.63) is 85.8 Å². The first kappa shape index (κ1) is 30.2. The van der Waals surface area contributed by atoms with Gasteiger partial charge in [-0.25, -0.2) is 9.76 Å². The summed E-state index contributed by atoms with van der Waals surface area (Å²) in [4.78, 5) is 26.2. The average molecular weight is 617 g/mol. The van der Waals surface area contributed by atoms with Crippen LogP contribution in [-0.4, -0.2) is 58.8 Å². The molecule has 1 aliphatic heterocycles. The Hall–Kier alpha value is -3.28. The third kappa shape index (κ3) is 6.85. The zero-order valence-corrected chi connectivity index (χ0v) is 25.2. The molecule has 1 saturated heterocycles. The summed E-state index contributed by atoms with van der Waals surface area (Å²) < 4.78 is 28.9. The Morgan fingerprint density at radius 2 is 1.86 bits per heavy atom. The predicted octanol–water partition coefficient (Wildman–Crippen LogP) is 5.03. The zero-order valence-electron chi connectivity index (χ0n) is 23.6. The molecular weight excluding hydrogens is 583 g/mol. The summed E-state index contributed by atoms with van der Waals surface area (Å²) in [5.74, 6) is 0.232. The Morgan fingerprint density at radius 3 is 2.48 bits per heavy atom. The van der Waals surface area contributed by atoms with Crippen molar-refractivity contribution < 1.29 is 18.7 Å². The lowest BCUT2D eigenvalue weighted by atomic mass is 10.2. The topological polar surface area (TPSA) is 132 Å². The number of nitrogens with zero attached hydrogens (tertiary/aromatic N) is 5. The van der Waals surface area contributed by atoms with Crippen molar-refractivity contribution in [1.29, 1.82) is 0 Å². The van der Waals surface area contributed by atoms with Crippen LogP contribution in [-0.2, 0) is 15.6 Å². The molecule has 12 nitrogen and oxygen atoms in total. The molecule has 0 bridgehead atoms. The first-order chi connectivity index (χ1) is 20.1. The minimum Gasteiger partial charge on any atom is -0.486 e. The molecule has 2 heterocycles. The van der Waals surface area contributed by atoms with Crippen LogP contribution in [0.4, 0.5) is 11.4 Å². The summed E-state index contributed by atoms with van der Waals surface area (Å²) in [6.07, 6.45) is 3.74. The Labute approximate surface area is 248 Å². The van der Waals surface area contributed by atoms with Crippen LogP contribution < -0.4 is 20.3 Å². The number of nitrogens with one attached hydrogen (secondary N) is 1. The zero-order chi connectivity index (χ0) is 29.9. The molecule has 2 aliphatic rings. The van der Waals surface area contributed by atoms with Gasteiger partial charge in [0.2, 0.25) is 5.75 Å². The summed E-state index contributed by atoms with van der Waals surface area (Å²) in [5, 5.41) is 18.9. The summed E-state index contributed by atoms with van der Waals surface area (Å²) in [6, 6.07) is 13.0. The second-order valence-electron chi connectivity index (χ2n) is 10.8. The normalized spacial score (nSPS) is 17.9. The number of nitro groups is 1. The van der Waals surface area contributed by atoms with Crippen LogP contribution in [0.3, 0.4) is 0 Å². The smallest absolute Gasteiger partial charge is 0.343 e. The largest absolute Gasteiger partial charge is 0.486 e. The highest BCUT2D eigenvalue weighted by atomic mass is 35.5. The number of benzene rings is 2. The molecule has 0 radical (unpaired) electrons. The number of ether oxygens (including phenoxy) is 1. The minimum absolute atomic E-state index is 0.00725. The molecule has 42 heavy (non-hydrogen) atoms. The SMILES string of the molecule is CCOP(=O)(NCc1ccc([N+](=O)[O-])cc1)N1CCN(c2cnn(-c3cccc(Cl)c3)c(=O)c2OCC2(C)CC2)CC1. The molecule has 1 atom stereocenters. The Morgan fingerprint density at radius 1 is 1.14 bits per heavy atom. The first-order valence-electron chi connectivity index (χ1n) is 13.9. The van der Waals surface area contributed by atoms with Gasteiger partial charge in [-0.3, -0.25) is 19.5 Å². The van der Waals surface area contributed by atoms with E-state index >= 15 is 0 Å². The Kier molecular flexibility index (Phi) is 9.00. The van der Waals surface area contributed by atoms with Crippen molar-refractivity contribution in [2.75, 3.05) is 44.3 Å². The van der Waals surface area contributed by atoms with Crippen LogP contribution in [0.25, 0.3) is 5.69 Å². The maximum atomic E-state index is 13.9. The van der Waals surface area contributed by atoms with Gasteiger partial charge in [0.1, 0.15) is 5.69 Å². The molecule has 2 aromatic carbocycles. The van der Waals surface area contributed by atoms with Crippen molar-refractivity contribution in [2.24, 2.45) is 5.41 Å². The van der Waals surface area contributed by atoms with Gasteiger partial charge in [0.25, 0.3) is 5.69 Å². The van der Waals surface area contributed by atoms with Crippen molar-refractivity contribution in [1.82, 2.24) is 19.5 Å². The third-order valence-corrected chi connectivity index (χ3v) is 10.1. The summed E-state index contributed by atoms with van der Waals surface area (Å²) >= 11 is 6.17. The Balaban J connectivity index is 1.32. The number of aromatic nitrogens is 2. The summed E-state index contributed by atoms with van der Waals surface area (Å²) in [5.41, 5.74) is 1.57. The van der Waals surface area contributed by atoms with Crippen LogP contribution in [0.1, 0.15) is 32.3 Å². The van der Waals surface area contributed by atoms with E-state index in [2.05, 4.69) is 17.1 Å². The van der Waals surface area contributed by atoms with E-state index < -0.39 is 12.6 Å². The fourth-order valence-electron chi connectivity index (χ4n) is 4.72. The number of piperazine rings is 1.